The van der Waals surface area contributed by atoms with E-state index in [4.69, 9.17) is 11.6 Å². The summed E-state index contributed by atoms with van der Waals surface area (Å²) in [5.74, 6) is -1.26. The molecule has 2 aromatic carbocycles. The summed E-state index contributed by atoms with van der Waals surface area (Å²) in [5.41, 5.74) is 1.29. The van der Waals surface area contributed by atoms with Crippen LogP contribution < -0.4 is 5.32 Å². The van der Waals surface area contributed by atoms with Gasteiger partial charge in [0.05, 0.1) is 25.8 Å². The van der Waals surface area contributed by atoms with Crippen LogP contribution in [0.3, 0.4) is 0 Å². The van der Waals surface area contributed by atoms with E-state index in [0.29, 0.717) is 5.69 Å². The van der Waals surface area contributed by atoms with Gasteiger partial charge in [0.2, 0.25) is 0 Å². The average molecular weight is 321 g/mol. The zero-order valence-electron chi connectivity index (χ0n) is 11.0. The molecule has 0 saturated carbocycles. The minimum atomic E-state index is -0.720. The van der Waals surface area contributed by atoms with Crippen molar-refractivity contribution in [3.63, 3.8) is 0 Å². The number of fused-ring (bicyclic) bond motifs is 1. The van der Waals surface area contributed by atoms with Crippen LogP contribution in [0.15, 0.2) is 36.4 Å². The number of anilines is 1. The Morgan fingerprint density at radius 2 is 2.14 bits per heavy atom. The van der Waals surface area contributed by atoms with Crippen LogP contribution in [0.1, 0.15) is 15.4 Å². The zero-order chi connectivity index (χ0) is 15.0. The van der Waals surface area contributed by atoms with Gasteiger partial charge >= 0.3 is 0 Å². The maximum atomic E-state index is 13.8. The Bertz CT molecular complexity index is 847. The zero-order valence-corrected chi connectivity index (χ0v) is 12.6. The van der Waals surface area contributed by atoms with Crippen molar-refractivity contribution in [3.8, 4) is 0 Å². The van der Waals surface area contributed by atoms with Gasteiger partial charge in [-0.3, -0.25) is 4.79 Å². The number of hydrogen-bond acceptors (Lipinski definition) is 3. The molecule has 3 nitrogen and oxygen atoms in total. The molecule has 0 fully saturated rings. The number of nitrogens with one attached hydrogen (secondary N) is 1. The van der Waals surface area contributed by atoms with Gasteiger partial charge in [0.25, 0.3) is 5.91 Å². The monoisotopic (exact) mass is 320 g/mol. The van der Waals surface area contributed by atoms with Crippen LogP contribution in [0.4, 0.5) is 10.1 Å². The Balaban J connectivity index is 1.90. The van der Waals surface area contributed by atoms with Gasteiger partial charge in [0, 0.05) is 5.69 Å². The Hall–Kier alpha value is -1.98. The molecule has 21 heavy (non-hydrogen) atoms. The van der Waals surface area contributed by atoms with Crippen molar-refractivity contribution in [2.75, 3.05) is 5.32 Å². The number of carbonyl (C=O) groups excluding carboxylic acids is 1. The van der Waals surface area contributed by atoms with Crippen LogP contribution in [-0.4, -0.2) is 10.9 Å². The number of benzene rings is 2. The molecule has 6 heteroatoms. The summed E-state index contributed by atoms with van der Waals surface area (Å²) in [7, 11) is 0. The lowest BCUT2D eigenvalue weighted by atomic mass is 10.2. The van der Waals surface area contributed by atoms with E-state index in [9.17, 15) is 9.18 Å². The van der Waals surface area contributed by atoms with Crippen LogP contribution in [0.25, 0.3) is 10.2 Å². The lowest BCUT2D eigenvalue weighted by Crippen LogP contribution is -2.13. The van der Waals surface area contributed by atoms with Crippen molar-refractivity contribution in [2.45, 2.75) is 6.92 Å². The Kier molecular flexibility index (Phi) is 3.61. The fourth-order valence-corrected chi connectivity index (χ4v) is 2.98. The molecular formula is C15H10ClFN2OS. The molecule has 3 aromatic rings. The van der Waals surface area contributed by atoms with Crippen LogP contribution in [0.2, 0.25) is 5.02 Å². The van der Waals surface area contributed by atoms with Crippen LogP contribution in [0.5, 0.6) is 0 Å². The van der Waals surface area contributed by atoms with Gasteiger partial charge < -0.3 is 5.32 Å². The molecule has 3 rings (SSSR count). The fraction of sp³-hybridized carbons (Fsp3) is 0.0667. The van der Waals surface area contributed by atoms with Crippen LogP contribution in [-0.2, 0) is 0 Å². The van der Waals surface area contributed by atoms with Crippen molar-refractivity contribution in [1.82, 2.24) is 4.98 Å². The number of amides is 1. The van der Waals surface area contributed by atoms with Gasteiger partial charge in [-0.2, -0.15) is 0 Å². The average Bonchev–Trinajstić information content (AvgIpc) is 2.81. The second kappa shape index (κ2) is 5.42. The van der Waals surface area contributed by atoms with Crippen molar-refractivity contribution >= 4 is 44.7 Å². The SMILES string of the molecule is Cc1nc2cc(NC(=O)c3cccc(Cl)c3F)ccc2s1. The standard InChI is InChI=1S/C15H10ClFN2OS/c1-8-18-12-7-9(5-6-13(12)21-8)19-15(20)10-3-2-4-11(16)14(10)17/h2-7H,1H3,(H,19,20). The number of thiazole rings is 1. The minimum Gasteiger partial charge on any atom is -0.322 e. The molecule has 1 aromatic heterocycles. The van der Waals surface area contributed by atoms with Gasteiger partial charge in [0.15, 0.2) is 5.82 Å². The number of nitrogens with zero attached hydrogens (tertiary/aromatic N) is 1. The highest BCUT2D eigenvalue weighted by Crippen LogP contribution is 2.25. The molecule has 1 heterocycles. The van der Waals surface area contributed by atoms with Gasteiger partial charge in [-0.1, -0.05) is 17.7 Å². The number of carbonyl (C=O) groups is 1. The first-order valence-corrected chi connectivity index (χ1v) is 7.36. The molecule has 1 amide bonds. The Morgan fingerprint density at radius 1 is 1.33 bits per heavy atom. The Labute approximate surface area is 129 Å². The first-order chi connectivity index (χ1) is 10.0. The lowest BCUT2D eigenvalue weighted by Gasteiger charge is -2.06. The highest BCUT2D eigenvalue weighted by molar-refractivity contribution is 7.18. The van der Waals surface area contributed by atoms with Gasteiger partial charge in [-0.05, 0) is 37.3 Å². The summed E-state index contributed by atoms with van der Waals surface area (Å²) >= 11 is 7.26. The van der Waals surface area contributed by atoms with E-state index >= 15 is 0 Å². The van der Waals surface area contributed by atoms with E-state index < -0.39 is 11.7 Å². The molecule has 0 radical (unpaired) electrons. The molecule has 0 unspecified atom stereocenters. The third-order valence-electron chi connectivity index (χ3n) is 2.95. The van der Waals surface area contributed by atoms with E-state index in [1.54, 1.807) is 23.5 Å². The topological polar surface area (TPSA) is 42.0 Å². The predicted molar refractivity (Wildman–Crippen MR) is 83.7 cm³/mol. The normalized spacial score (nSPS) is 10.8. The highest BCUT2D eigenvalue weighted by atomic mass is 35.5. The number of rotatable bonds is 2. The highest BCUT2D eigenvalue weighted by Gasteiger charge is 2.14. The minimum absolute atomic E-state index is 0.0757. The maximum Gasteiger partial charge on any atom is 0.258 e. The second-order valence-electron chi connectivity index (χ2n) is 4.47. The second-order valence-corrected chi connectivity index (χ2v) is 6.11. The first-order valence-electron chi connectivity index (χ1n) is 6.17. The van der Waals surface area contributed by atoms with Gasteiger partial charge in [-0.25, -0.2) is 9.37 Å². The molecule has 106 valence electrons. The molecule has 0 saturated heterocycles. The first kappa shape index (κ1) is 14.0. The lowest BCUT2D eigenvalue weighted by molar-refractivity contribution is 0.102. The van der Waals surface area contributed by atoms with Crippen molar-refractivity contribution in [1.29, 1.82) is 0 Å². The summed E-state index contributed by atoms with van der Waals surface area (Å²) in [6, 6.07) is 9.73. The number of halogens is 2. The smallest absolute Gasteiger partial charge is 0.258 e. The molecule has 0 aliphatic rings. The molecule has 0 bridgehead atoms. The molecule has 1 N–H and O–H groups in total. The van der Waals surface area contributed by atoms with Crippen LogP contribution in [0, 0.1) is 12.7 Å². The van der Waals surface area contributed by atoms with E-state index in [2.05, 4.69) is 10.3 Å². The third kappa shape index (κ3) is 2.75. The molecule has 0 atom stereocenters. The molecule has 0 aliphatic heterocycles. The number of hydrogen-bond donors (Lipinski definition) is 1. The van der Waals surface area contributed by atoms with Gasteiger partial charge in [-0.15, -0.1) is 11.3 Å². The molecular weight excluding hydrogens is 311 g/mol. The fourth-order valence-electron chi connectivity index (χ4n) is 2.00. The predicted octanol–water partition coefficient (Wildman–Crippen LogP) is 4.65. The van der Waals surface area contributed by atoms with E-state index in [0.717, 1.165) is 15.2 Å². The van der Waals surface area contributed by atoms with E-state index in [-0.39, 0.29) is 10.6 Å². The summed E-state index contributed by atoms with van der Waals surface area (Å²) in [6.45, 7) is 1.92. The summed E-state index contributed by atoms with van der Waals surface area (Å²) in [6.07, 6.45) is 0. The van der Waals surface area contributed by atoms with Crippen LogP contribution >= 0.6 is 22.9 Å². The Morgan fingerprint density at radius 3 is 2.95 bits per heavy atom. The molecule has 0 aliphatic carbocycles. The number of aromatic nitrogens is 1. The van der Waals surface area contributed by atoms with E-state index in [1.165, 1.54) is 18.2 Å². The summed E-state index contributed by atoms with van der Waals surface area (Å²) < 4.78 is 14.8. The summed E-state index contributed by atoms with van der Waals surface area (Å²) in [5, 5.41) is 3.53. The van der Waals surface area contributed by atoms with E-state index in [1.807, 2.05) is 13.0 Å². The third-order valence-corrected chi connectivity index (χ3v) is 4.19. The number of aryl methyl sites for hydroxylation is 1. The van der Waals surface area contributed by atoms with Crippen molar-refractivity contribution in [2.24, 2.45) is 0 Å². The van der Waals surface area contributed by atoms with Gasteiger partial charge in [0.1, 0.15) is 0 Å². The molecule has 0 spiro atoms. The maximum absolute atomic E-state index is 13.8. The quantitative estimate of drug-likeness (QED) is 0.746. The van der Waals surface area contributed by atoms with Crippen molar-refractivity contribution in [3.05, 3.63) is 57.8 Å². The summed E-state index contributed by atoms with van der Waals surface area (Å²) in [4.78, 5) is 16.5. The van der Waals surface area contributed by atoms with Crippen molar-refractivity contribution < 1.29 is 9.18 Å². The largest absolute Gasteiger partial charge is 0.322 e.